The molecule has 2 rings (SSSR count). The SMILES string of the molecule is COc1ccccc1NC(=S)Nc1cc(NS(C)(=O)=O)ccc1C. The van der Waals surface area contributed by atoms with Crippen LogP contribution >= 0.6 is 12.2 Å². The summed E-state index contributed by atoms with van der Waals surface area (Å²) in [7, 11) is -1.75. The van der Waals surface area contributed by atoms with Crippen LogP contribution in [0.3, 0.4) is 0 Å². The van der Waals surface area contributed by atoms with Crippen molar-refractivity contribution in [3.8, 4) is 5.75 Å². The molecule has 0 bridgehead atoms. The van der Waals surface area contributed by atoms with Gasteiger partial charge in [0.1, 0.15) is 5.75 Å². The number of rotatable bonds is 5. The third kappa shape index (κ3) is 5.10. The van der Waals surface area contributed by atoms with Gasteiger partial charge in [0.25, 0.3) is 0 Å². The maximum atomic E-state index is 11.3. The zero-order chi connectivity index (χ0) is 17.7. The number of ether oxygens (including phenoxy) is 1. The highest BCUT2D eigenvalue weighted by Gasteiger charge is 2.08. The average Bonchev–Trinajstić information content (AvgIpc) is 2.49. The molecule has 0 unspecified atom stereocenters. The van der Waals surface area contributed by atoms with E-state index in [-0.39, 0.29) is 0 Å². The van der Waals surface area contributed by atoms with Gasteiger partial charge in [-0.3, -0.25) is 4.72 Å². The fourth-order valence-corrected chi connectivity index (χ4v) is 2.83. The molecule has 0 fully saturated rings. The summed E-state index contributed by atoms with van der Waals surface area (Å²) in [6.07, 6.45) is 1.10. The molecule has 0 atom stereocenters. The van der Waals surface area contributed by atoms with Gasteiger partial charge in [-0.2, -0.15) is 0 Å². The highest BCUT2D eigenvalue weighted by molar-refractivity contribution is 7.92. The molecule has 0 spiro atoms. The minimum absolute atomic E-state index is 0.374. The van der Waals surface area contributed by atoms with Crippen LogP contribution in [0.25, 0.3) is 0 Å². The molecule has 0 amide bonds. The fraction of sp³-hybridized carbons (Fsp3) is 0.188. The van der Waals surface area contributed by atoms with Crippen molar-refractivity contribution in [1.29, 1.82) is 0 Å². The van der Waals surface area contributed by atoms with E-state index in [1.165, 1.54) is 0 Å². The number of sulfonamides is 1. The van der Waals surface area contributed by atoms with Gasteiger partial charge in [0.05, 0.1) is 24.7 Å². The second-order valence-electron chi connectivity index (χ2n) is 5.18. The topological polar surface area (TPSA) is 79.5 Å². The highest BCUT2D eigenvalue weighted by atomic mass is 32.2. The highest BCUT2D eigenvalue weighted by Crippen LogP contribution is 2.24. The zero-order valence-corrected chi connectivity index (χ0v) is 15.2. The molecule has 0 aliphatic heterocycles. The molecule has 8 heteroatoms. The molecular formula is C16H19N3O3S2. The van der Waals surface area contributed by atoms with Crippen molar-refractivity contribution in [2.24, 2.45) is 0 Å². The van der Waals surface area contributed by atoms with E-state index in [9.17, 15) is 8.42 Å². The molecule has 3 N–H and O–H groups in total. The van der Waals surface area contributed by atoms with Crippen molar-refractivity contribution in [3.05, 3.63) is 48.0 Å². The Balaban J connectivity index is 2.15. The standard InChI is InChI=1S/C16H19N3O3S2/c1-11-8-9-12(19-24(3,20)21)10-14(11)18-16(23)17-13-6-4-5-7-15(13)22-2/h4-10,19H,1-3H3,(H2,17,18,23). The van der Waals surface area contributed by atoms with Crippen molar-refractivity contribution in [2.75, 3.05) is 28.7 Å². The maximum absolute atomic E-state index is 11.3. The number of anilines is 3. The summed E-state index contributed by atoms with van der Waals surface area (Å²) < 4.78 is 30.4. The first-order chi connectivity index (χ1) is 11.3. The van der Waals surface area contributed by atoms with Gasteiger partial charge >= 0.3 is 0 Å². The maximum Gasteiger partial charge on any atom is 0.229 e. The minimum atomic E-state index is -3.34. The Labute approximate surface area is 147 Å². The number of methoxy groups -OCH3 is 1. The lowest BCUT2D eigenvalue weighted by molar-refractivity contribution is 0.417. The predicted molar refractivity (Wildman–Crippen MR) is 102 cm³/mol. The lowest BCUT2D eigenvalue weighted by Crippen LogP contribution is -2.20. The number of hydrogen-bond acceptors (Lipinski definition) is 4. The number of para-hydroxylation sites is 2. The molecule has 0 heterocycles. The summed E-state index contributed by atoms with van der Waals surface area (Å²) in [5, 5.41) is 6.50. The first-order valence-corrected chi connectivity index (χ1v) is 9.38. The van der Waals surface area contributed by atoms with Crippen LogP contribution in [0.1, 0.15) is 5.56 Å². The summed E-state index contributed by atoms with van der Waals surface area (Å²) in [5.41, 5.74) is 2.83. The van der Waals surface area contributed by atoms with E-state index in [0.29, 0.717) is 22.2 Å². The van der Waals surface area contributed by atoms with Crippen LogP contribution in [0.5, 0.6) is 5.75 Å². The molecule has 2 aromatic rings. The van der Waals surface area contributed by atoms with Crippen LogP contribution in [-0.4, -0.2) is 26.9 Å². The molecule has 128 valence electrons. The van der Waals surface area contributed by atoms with Crippen LogP contribution in [0.4, 0.5) is 17.1 Å². The van der Waals surface area contributed by atoms with Crippen LogP contribution in [0.15, 0.2) is 42.5 Å². The third-order valence-corrected chi connectivity index (χ3v) is 3.95. The summed E-state index contributed by atoms with van der Waals surface area (Å²) in [5.74, 6) is 0.672. The Bertz CT molecular complexity index is 851. The molecule has 0 aromatic heterocycles. The number of nitrogens with one attached hydrogen (secondary N) is 3. The van der Waals surface area contributed by atoms with Gasteiger partial charge in [0, 0.05) is 5.69 Å². The van der Waals surface area contributed by atoms with Gasteiger partial charge in [-0.25, -0.2) is 8.42 Å². The summed E-state index contributed by atoms with van der Waals surface area (Å²) in [4.78, 5) is 0. The molecule has 2 aromatic carbocycles. The zero-order valence-electron chi connectivity index (χ0n) is 13.6. The van der Waals surface area contributed by atoms with Gasteiger partial charge in [0.15, 0.2) is 5.11 Å². The van der Waals surface area contributed by atoms with E-state index in [0.717, 1.165) is 17.5 Å². The predicted octanol–water partition coefficient (Wildman–Crippen LogP) is 3.18. The van der Waals surface area contributed by atoms with Gasteiger partial charge in [-0.1, -0.05) is 18.2 Å². The van der Waals surface area contributed by atoms with E-state index >= 15 is 0 Å². The minimum Gasteiger partial charge on any atom is -0.495 e. The van der Waals surface area contributed by atoms with Gasteiger partial charge in [-0.15, -0.1) is 0 Å². The summed E-state index contributed by atoms with van der Waals surface area (Å²) in [6.45, 7) is 1.90. The number of aryl methyl sites for hydroxylation is 1. The van der Waals surface area contributed by atoms with Crippen molar-refractivity contribution in [1.82, 2.24) is 0 Å². The van der Waals surface area contributed by atoms with Crippen molar-refractivity contribution in [3.63, 3.8) is 0 Å². The largest absolute Gasteiger partial charge is 0.495 e. The molecule has 0 saturated carbocycles. The first kappa shape index (κ1) is 18.0. The van der Waals surface area contributed by atoms with Crippen LogP contribution < -0.4 is 20.1 Å². The summed E-state index contributed by atoms with van der Waals surface area (Å²) in [6, 6.07) is 12.6. The Morgan fingerprint density at radius 2 is 1.75 bits per heavy atom. The molecule has 0 aliphatic rings. The smallest absolute Gasteiger partial charge is 0.229 e. The second-order valence-corrected chi connectivity index (χ2v) is 7.34. The van der Waals surface area contributed by atoms with E-state index in [1.54, 1.807) is 19.2 Å². The van der Waals surface area contributed by atoms with E-state index in [1.807, 2.05) is 37.3 Å². The lowest BCUT2D eigenvalue weighted by Gasteiger charge is -2.15. The molecular weight excluding hydrogens is 346 g/mol. The van der Waals surface area contributed by atoms with Crippen molar-refractivity contribution >= 4 is 44.4 Å². The van der Waals surface area contributed by atoms with Crippen LogP contribution in [0, 0.1) is 6.92 Å². The Hall–Kier alpha value is -2.32. The fourth-order valence-electron chi connectivity index (χ4n) is 2.06. The van der Waals surface area contributed by atoms with Crippen LogP contribution in [0.2, 0.25) is 0 Å². The molecule has 6 nitrogen and oxygen atoms in total. The number of thiocarbonyl (C=S) groups is 1. The molecule has 0 aliphatic carbocycles. The number of benzene rings is 2. The van der Waals surface area contributed by atoms with Crippen molar-refractivity contribution < 1.29 is 13.2 Å². The van der Waals surface area contributed by atoms with Gasteiger partial charge in [-0.05, 0) is 49.0 Å². The van der Waals surface area contributed by atoms with Gasteiger partial charge in [0.2, 0.25) is 10.0 Å². The third-order valence-electron chi connectivity index (χ3n) is 3.14. The van der Waals surface area contributed by atoms with Gasteiger partial charge < -0.3 is 15.4 Å². The monoisotopic (exact) mass is 365 g/mol. The van der Waals surface area contributed by atoms with E-state index in [4.69, 9.17) is 17.0 Å². The lowest BCUT2D eigenvalue weighted by atomic mass is 10.2. The molecule has 24 heavy (non-hydrogen) atoms. The average molecular weight is 365 g/mol. The van der Waals surface area contributed by atoms with E-state index in [2.05, 4.69) is 15.4 Å². The normalized spacial score (nSPS) is 10.8. The van der Waals surface area contributed by atoms with Crippen molar-refractivity contribution in [2.45, 2.75) is 6.92 Å². The quantitative estimate of drug-likeness (QED) is 0.706. The Morgan fingerprint density at radius 3 is 2.42 bits per heavy atom. The van der Waals surface area contributed by atoms with Crippen LogP contribution in [-0.2, 0) is 10.0 Å². The Morgan fingerprint density at radius 1 is 1.08 bits per heavy atom. The van der Waals surface area contributed by atoms with E-state index < -0.39 is 10.0 Å². The summed E-state index contributed by atoms with van der Waals surface area (Å²) >= 11 is 5.32. The Kier molecular flexibility index (Phi) is 5.63. The number of hydrogen-bond donors (Lipinski definition) is 3. The second kappa shape index (κ2) is 7.50. The molecule has 0 saturated heterocycles. The first-order valence-electron chi connectivity index (χ1n) is 7.08. The molecule has 0 radical (unpaired) electrons.